The van der Waals surface area contributed by atoms with Crippen LogP contribution in [0.5, 0.6) is 0 Å². The van der Waals surface area contributed by atoms with Gasteiger partial charge in [-0.2, -0.15) is 13.2 Å². The normalized spacial score (nSPS) is 17.2. The average molecular weight is 365 g/mol. The number of halogens is 3. The molecule has 5 nitrogen and oxygen atoms in total. The summed E-state index contributed by atoms with van der Waals surface area (Å²) in [6, 6.07) is 3.94. The molecule has 0 saturated carbocycles. The zero-order valence-electron chi connectivity index (χ0n) is 13.5. The molecule has 1 N–H and O–H groups in total. The lowest BCUT2D eigenvalue weighted by atomic mass is 9.97. The standard InChI is InChI=1S/C15H22F3N3O2S/c1-12-10-14(2-6-19-12)21-7-3-13(4-8-21)11-20-24(22,23)9-5-15(16,17)18/h2,6,10,13,20H,3-5,7-9,11H2,1H3. The fourth-order valence-electron chi connectivity index (χ4n) is 2.69. The van der Waals surface area contributed by atoms with Gasteiger partial charge in [0.25, 0.3) is 0 Å². The van der Waals surface area contributed by atoms with Gasteiger partial charge in [0.05, 0.1) is 12.2 Å². The zero-order valence-corrected chi connectivity index (χ0v) is 14.3. The van der Waals surface area contributed by atoms with Gasteiger partial charge in [-0.1, -0.05) is 0 Å². The Hall–Kier alpha value is -1.35. The highest BCUT2D eigenvalue weighted by Gasteiger charge is 2.30. The van der Waals surface area contributed by atoms with Crippen molar-refractivity contribution >= 4 is 15.7 Å². The van der Waals surface area contributed by atoms with Gasteiger partial charge in [0.1, 0.15) is 0 Å². The Morgan fingerprint density at radius 1 is 1.33 bits per heavy atom. The Labute approximate surface area is 140 Å². The molecule has 1 fully saturated rings. The molecule has 1 aromatic rings. The molecule has 1 saturated heterocycles. The summed E-state index contributed by atoms with van der Waals surface area (Å²) in [6.07, 6.45) is -2.43. The number of rotatable bonds is 6. The molecule has 0 atom stereocenters. The average Bonchev–Trinajstić information content (AvgIpc) is 2.51. The third kappa shape index (κ3) is 6.27. The van der Waals surface area contributed by atoms with Gasteiger partial charge in [-0.3, -0.25) is 4.98 Å². The topological polar surface area (TPSA) is 62.3 Å². The smallest absolute Gasteiger partial charge is 0.371 e. The van der Waals surface area contributed by atoms with Crippen LogP contribution in [0.1, 0.15) is 25.0 Å². The number of anilines is 1. The third-order valence-electron chi connectivity index (χ3n) is 4.11. The van der Waals surface area contributed by atoms with Gasteiger partial charge in [0.2, 0.25) is 10.0 Å². The van der Waals surface area contributed by atoms with E-state index in [0.717, 1.165) is 37.3 Å². The van der Waals surface area contributed by atoms with Gasteiger partial charge in [-0.15, -0.1) is 0 Å². The van der Waals surface area contributed by atoms with E-state index in [1.165, 1.54) is 0 Å². The van der Waals surface area contributed by atoms with E-state index in [2.05, 4.69) is 14.6 Å². The Morgan fingerprint density at radius 2 is 2.00 bits per heavy atom. The minimum atomic E-state index is -4.46. The Kier molecular flexibility index (Phi) is 6.08. The van der Waals surface area contributed by atoms with Crippen LogP contribution >= 0.6 is 0 Å². The Morgan fingerprint density at radius 3 is 2.58 bits per heavy atom. The van der Waals surface area contributed by atoms with Crippen LogP contribution in [0.2, 0.25) is 0 Å². The molecule has 1 aliphatic heterocycles. The van der Waals surface area contributed by atoms with Crippen LogP contribution in [0, 0.1) is 12.8 Å². The second kappa shape index (κ2) is 7.69. The molecular formula is C15H22F3N3O2S. The minimum Gasteiger partial charge on any atom is -0.371 e. The molecule has 0 aliphatic carbocycles. The van der Waals surface area contributed by atoms with Crippen LogP contribution in [0.4, 0.5) is 18.9 Å². The molecule has 0 radical (unpaired) electrons. The van der Waals surface area contributed by atoms with Gasteiger partial charge in [0, 0.05) is 37.2 Å². The number of pyridine rings is 1. The summed E-state index contributed by atoms with van der Waals surface area (Å²) < 4.78 is 61.9. The van der Waals surface area contributed by atoms with Crippen LogP contribution in [0.25, 0.3) is 0 Å². The quantitative estimate of drug-likeness (QED) is 0.841. The Balaban J connectivity index is 1.77. The number of hydrogen-bond acceptors (Lipinski definition) is 4. The molecule has 2 heterocycles. The second-order valence-corrected chi connectivity index (χ2v) is 8.04. The van der Waals surface area contributed by atoms with Crippen molar-refractivity contribution in [3.8, 4) is 0 Å². The first-order valence-corrected chi connectivity index (χ1v) is 9.51. The molecule has 1 aliphatic rings. The van der Waals surface area contributed by atoms with Gasteiger partial charge in [0.15, 0.2) is 0 Å². The maximum atomic E-state index is 12.1. The molecule has 0 amide bonds. The van der Waals surface area contributed by atoms with Crippen molar-refractivity contribution in [3.05, 3.63) is 24.0 Å². The molecule has 0 unspecified atom stereocenters. The van der Waals surface area contributed by atoms with E-state index in [1.807, 2.05) is 19.1 Å². The number of hydrogen-bond donors (Lipinski definition) is 1. The summed E-state index contributed by atoms with van der Waals surface area (Å²) in [5.41, 5.74) is 2.03. The number of piperidine rings is 1. The largest absolute Gasteiger partial charge is 0.390 e. The van der Waals surface area contributed by atoms with E-state index in [-0.39, 0.29) is 12.5 Å². The first kappa shape index (κ1) is 19.0. The predicted molar refractivity (Wildman–Crippen MR) is 86.4 cm³/mol. The van der Waals surface area contributed by atoms with E-state index in [0.29, 0.717) is 0 Å². The molecular weight excluding hydrogens is 343 g/mol. The second-order valence-electron chi connectivity index (χ2n) is 6.12. The predicted octanol–water partition coefficient (Wildman–Crippen LogP) is 2.48. The highest BCUT2D eigenvalue weighted by Crippen LogP contribution is 2.23. The van der Waals surface area contributed by atoms with E-state index in [4.69, 9.17) is 0 Å². The first-order chi connectivity index (χ1) is 11.1. The number of nitrogens with one attached hydrogen (secondary N) is 1. The summed E-state index contributed by atoms with van der Waals surface area (Å²) in [4.78, 5) is 6.37. The van der Waals surface area contributed by atoms with Crippen molar-refractivity contribution < 1.29 is 21.6 Å². The van der Waals surface area contributed by atoms with Crippen LogP contribution < -0.4 is 9.62 Å². The Bertz CT molecular complexity index is 642. The molecule has 0 aromatic carbocycles. The molecule has 2 rings (SSSR count). The number of aryl methyl sites for hydroxylation is 1. The monoisotopic (exact) mass is 365 g/mol. The highest BCUT2D eigenvalue weighted by atomic mass is 32.2. The fourth-order valence-corrected chi connectivity index (χ4v) is 3.82. The van der Waals surface area contributed by atoms with Crippen molar-refractivity contribution in [2.24, 2.45) is 5.92 Å². The van der Waals surface area contributed by atoms with Gasteiger partial charge >= 0.3 is 6.18 Å². The lowest BCUT2D eigenvalue weighted by Gasteiger charge is -2.33. The maximum Gasteiger partial charge on any atom is 0.390 e. The van der Waals surface area contributed by atoms with Crippen molar-refractivity contribution in [2.45, 2.75) is 32.4 Å². The zero-order chi connectivity index (χ0) is 17.8. The van der Waals surface area contributed by atoms with Crippen molar-refractivity contribution in [1.29, 1.82) is 0 Å². The minimum absolute atomic E-state index is 0.143. The number of alkyl halides is 3. The van der Waals surface area contributed by atoms with Crippen LogP contribution in [0.15, 0.2) is 18.3 Å². The molecule has 136 valence electrons. The lowest BCUT2D eigenvalue weighted by Crippen LogP contribution is -2.39. The van der Waals surface area contributed by atoms with E-state index >= 15 is 0 Å². The number of sulfonamides is 1. The van der Waals surface area contributed by atoms with Crippen LogP contribution in [-0.4, -0.2) is 45.0 Å². The van der Waals surface area contributed by atoms with Crippen molar-refractivity contribution in [3.63, 3.8) is 0 Å². The molecule has 0 bridgehead atoms. The SMILES string of the molecule is Cc1cc(N2CCC(CNS(=O)(=O)CCC(F)(F)F)CC2)ccn1. The molecule has 9 heteroatoms. The summed E-state index contributed by atoms with van der Waals surface area (Å²) in [5.74, 6) is -0.768. The molecule has 1 aromatic heterocycles. The van der Waals surface area contributed by atoms with E-state index in [9.17, 15) is 21.6 Å². The van der Waals surface area contributed by atoms with E-state index < -0.39 is 28.4 Å². The summed E-state index contributed by atoms with van der Waals surface area (Å²) in [5, 5.41) is 0. The first-order valence-electron chi connectivity index (χ1n) is 7.86. The van der Waals surface area contributed by atoms with Crippen LogP contribution in [-0.2, 0) is 10.0 Å². The lowest BCUT2D eigenvalue weighted by molar-refractivity contribution is -0.129. The van der Waals surface area contributed by atoms with E-state index in [1.54, 1.807) is 6.20 Å². The summed E-state index contributed by atoms with van der Waals surface area (Å²) >= 11 is 0. The van der Waals surface area contributed by atoms with Gasteiger partial charge in [-0.25, -0.2) is 13.1 Å². The highest BCUT2D eigenvalue weighted by molar-refractivity contribution is 7.89. The number of aromatic nitrogens is 1. The molecule has 24 heavy (non-hydrogen) atoms. The van der Waals surface area contributed by atoms with Crippen LogP contribution in [0.3, 0.4) is 0 Å². The summed E-state index contributed by atoms with van der Waals surface area (Å²) in [7, 11) is -3.88. The maximum absolute atomic E-state index is 12.1. The van der Waals surface area contributed by atoms with Crippen molar-refractivity contribution in [2.75, 3.05) is 30.3 Å². The molecule has 0 spiro atoms. The van der Waals surface area contributed by atoms with Gasteiger partial charge < -0.3 is 4.90 Å². The summed E-state index contributed by atoms with van der Waals surface area (Å²) in [6.45, 7) is 3.70. The number of nitrogens with zero attached hydrogens (tertiary/aromatic N) is 2. The third-order valence-corrected chi connectivity index (χ3v) is 5.45. The van der Waals surface area contributed by atoms with Crippen molar-refractivity contribution in [1.82, 2.24) is 9.71 Å². The van der Waals surface area contributed by atoms with Gasteiger partial charge in [-0.05, 0) is 37.8 Å². The fraction of sp³-hybridized carbons (Fsp3) is 0.667.